The van der Waals surface area contributed by atoms with Crippen LogP contribution in [0.4, 0.5) is 0 Å². The quantitative estimate of drug-likeness (QED) is 0.758. The number of ether oxygens (including phenoxy) is 1. The molecule has 0 heterocycles. The van der Waals surface area contributed by atoms with Crippen molar-refractivity contribution in [3.8, 4) is 5.75 Å². The van der Waals surface area contributed by atoms with Crippen LogP contribution < -0.4 is 9.57 Å². The minimum atomic E-state index is -3.93. The first-order valence-corrected chi connectivity index (χ1v) is 8.10. The molecular formula is C9H14N2O5S2. The molecule has 0 aliphatic heterocycles. The van der Waals surface area contributed by atoms with E-state index in [1.54, 1.807) is 0 Å². The number of methoxy groups -OCH3 is 1. The van der Waals surface area contributed by atoms with Gasteiger partial charge in [-0.2, -0.15) is 0 Å². The van der Waals surface area contributed by atoms with Gasteiger partial charge >= 0.3 is 0 Å². The Morgan fingerprint density at radius 2 is 1.61 bits per heavy atom. The van der Waals surface area contributed by atoms with Crippen LogP contribution in [0.15, 0.2) is 29.2 Å². The van der Waals surface area contributed by atoms with Crippen LogP contribution >= 0.6 is 0 Å². The molecule has 1 rings (SSSR count). The van der Waals surface area contributed by atoms with Crippen LogP contribution in [-0.4, -0.2) is 41.7 Å². The molecule has 0 aromatic heterocycles. The number of rotatable bonds is 5. The topological polar surface area (TPSA) is 92.8 Å². The lowest BCUT2D eigenvalue weighted by molar-refractivity contribution is 0.414. The molecule has 1 N–H and O–H groups in total. The molecule has 0 radical (unpaired) electrons. The van der Waals surface area contributed by atoms with E-state index in [9.17, 15) is 16.8 Å². The highest BCUT2D eigenvalue weighted by molar-refractivity contribution is 7.91. The second-order valence-corrected chi connectivity index (χ2v) is 7.18. The lowest BCUT2D eigenvalue weighted by atomic mass is 10.3. The summed E-state index contributed by atoms with van der Waals surface area (Å²) in [6, 6.07) is 5.57. The minimum absolute atomic E-state index is 0.0567. The van der Waals surface area contributed by atoms with E-state index in [1.807, 2.05) is 4.83 Å². The summed E-state index contributed by atoms with van der Waals surface area (Å²) in [7, 11) is -5.00. The van der Waals surface area contributed by atoms with Gasteiger partial charge in [-0.15, -0.1) is 9.25 Å². The van der Waals surface area contributed by atoms with Gasteiger partial charge < -0.3 is 4.74 Å². The van der Waals surface area contributed by atoms with E-state index in [0.29, 0.717) is 10.2 Å². The summed E-state index contributed by atoms with van der Waals surface area (Å²) in [5.74, 6) is 0.505. The molecule has 7 nitrogen and oxygen atoms in total. The van der Waals surface area contributed by atoms with Gasteiger partial charge in [0.05, 0.1) is 18.3 Å². The van der Waals surface area contributed by atoms with Crippen LogP contribution in [0.3, 0.4) is 0 Å². The second-order valence-electron chi connectivity index (χ2n) is 3.50. The highest BCUT2D eigenvalue weighted by Gasteiger charge is 2.21. The summed E-state index contributed by atoms with van der Waals surface area (Å²) >= 11 is 0. The predicted molar refractivity (Wildman–Crippen MR) is 65.9 cm³/mol. The second kappa shape index (κ2) is 5.22. The molecule has 0 unspecified atom stereocenters. The van der Waals surface area contributed by atoms with Crippen LogP contribution in [0.5, 0.6) is 5.75 Å². The van der Waals surface area contributed by atoms with Crippen molar-refractivity contribution in [1.82, 2.24) is 9.25 Å². The van der Waals surface area contributed by atoms with Gasteiger partial charge in [-0.1, -0.05) is 0 Å². The van der Waals surface area contributed by atoms with E-state index in [2.05, 4.69) is 0 Å². The van der Waals surface area contributed by atoms with E-state index in [0.717, 1.165) is 13.3 Å². The summed E-state index contributed by atoms with van der Waals surface area (Å²) in [5.41, 5.74) is 0. The van der Waals surface area contributed by atoms with Crippen molar-refractivity contribution in [3.05, 3.63) is 24.3 Å². The summed E-state index contributed by atoms with van der Waals surface area (Å²) in [6.45, 7) is 0. The zero-order valence-electron chi connectivity index (χ0n) is 10.1. The molecule has 0 spiro atoms. The number of hydrogen-bond acceptors (Lipinski definition) is 5. The summed E-state index contributed by atoms with van der Waals surface area (Å²) in [4.78, 5) is 1.87. The number of nitrogens with one attached hydrogen (secondary N) is 1. The molecule has 0 aliphatic carbocycles. The molecule has 0 atom stereocenters. The molecule has 0 bridgehead atoms. The zero-order chi connectivity index (χ0) is 14.0. The van der Waals surface area contributed by atoms with E-state index < -0.39 is 20.0 Å². The van der Waals surface area contributed by atoms with Crippen molar-refractivity contribution in [2.75, 3.05) is 20.4 Å². The molecule has 0 saturated carbocycles. The Morgan fingerprint density at radius 1 is 1.11 bits per heavy atom. The van der Waals surface area contributed by atoms with Crippen molar-refractivity contribution < 1.29 is 21.6 Å². The Kier molecular flexibility index (Phi) is 4.32. The van der Waals surface area contributed by atoms with Crippen molar-refractivity contribution in [1.29, 1.82) is 0 Å². The van der Waals surface area contributed by atoms with Crippen molar-refractivity contribution in [3.63, 3.8) is 0 Å². The fourth-order valence-electron chi connectivity index (χ4n) is 1.04. The Morgan fingerprint density at radius 3 is 2.00 bits per heavy atom. The molecule has 0 aliphatic rings. The largest absolute Gasteiger partial charge is 0.497 e. The lowest BCUT2D eigenvalue weighted by Gasteiger charge is -2.15. The van der Waals surface area contributed by atoms with Gasteiger partial charge in [-0.05, 0) is 24.3 Å². The van der Waals surface area contributed by atoms with Gasteiger partial charge in [0.1, 0.15) is 5.75 Å². The van der Waals surface area contributed by atoms with Gasteiger partial charge in [0, 0.05) is 7.05 Å². The van der Waals surface area contributed by atoms with Gasteiger partial charge in [0.2, 0.25) is 10.0 Å². The smallest absolute Gasteiger partial charge is 0.254 e. The Hall–Kier alpha value is -1.16. The van der Waals surface area contributed by atoms with E-state index >= 15 is 0 Å². The first-order chi connectivity index (χ1) is 8.16. The molecule has 1 aromatic rings. The van der Waals surface area contributed by atoms with Crippen molar-refractivity contribution in [2.45, 2.75) is 4.90 Å². The van der Waals surface area contributed by atoms with Crippen LogP contribution in [-0.2, 0) is 20.0 Å². The average molecular weight is 294 g/mol. The Bertz CT molecular complexity index is 607. The molecule has 0 amide bonds. The molecule has 0 fully saturated rings. The highest BCUT2D eigenvalue weighted by Crippen LogP contribution is 2.15. The summed E-state index contributed by atoms with van der Waals surface area (Å²) in [6.07, 6.45) is 0.892. The highest BCUT2D eigenvalue weighted by atomic mass is 32.2. The first kappa shape index (κ1) is 14.9. The number of nitrogens with zero attached hydrogens (tertiary/aromatic N) is 1. The Labute approximate surface area is 106 Å². The lowest BCUT2D eigenvalue weighted by Crippen LogP contribution is -2.42. The van der Waals surface area contributed by atoms with E-state index in [4.69, 9.17) is 4.74 Å². The maximum absolute atomic E-state index is 11.8. The predicted octanol–water partition coefficient (Wildman–Crippen LogP) is -0.220. The molecular weight excluding hydrogens is 280 g/mol. The van der Waals surface area contributed by atoms with Gasteiger partial charge in [-0.25, -0.2) is 16.8 Å². The first-order valence-electron chi connectivity index (χ1n) is 4.77. The van der Waals surface area contributed by atoms with Crippen LogP contribution in [0.2, 0.25) is 0 Å². The third-order valence-electron chi connectivity index (χ3n) is 2.12. The fourth-order valence-corrected chi connectivity index (χ4v) is 2.82. The van der Waals surface area contributed by atoms with Gasteiger partial charge in [0.25, 0.3) is 10.0 Å². The number of sulfonamides is 2. The minimum Gasteiger partial charge on any atom is -0.497 e. The monoisotopic (exact) mass is 294 g/mol. The van der Waals surface area contributed by atoms with E-state index in [-0.39, 0.29) is 4.90 Å². The summed E-state index contributed by atoms with van der Waals surface area (Å²) in [5, 5.41) is 0. The average Bonchev–Trinajstić information content (AvgIpc) is 2.27. The maximum atomic E-state index is 11.8. The van der Waals surface area contributed by atoms with Crippen molar-refractivity contribution in [2.24, 2.45) is 0 Å². The van der Waals surface area contributed by atoms with Crippen molar-refractivity contribution >= 4 is 20.0 Å². The Balaban J connectivity index is 3.00. The molecule has 1 aromatic carbocycles. The fraction of sp³-hybridized carbons (Fsp3) is 0.333. The number of hydrazine groups is 1. The molecule has 0 saturated heterocycles. The third kappa shape index (κ3) is 3.67. The number of hydrogen-bond donors (Lipinski definition) is 1. The normalized spacial score (nSPS) is 12.7. The third-order valence-corrected chi connectivity index (χ3v) is 4.72. The van der Waals surface area contributed by atoms with Crippen LogP contribution in [0, 0.1) is 0 Å². The van der Waals surface area contributed by atoms with Gasteiger partial charge in [-0.3, -0.25) is 0 Å². The molecule has 102 valence electrons. The zero-order valence-corrected chi connectivity index (χ0v) is 11.7. The molecule has 18 heavy (non-hydrogen) atoms. The maximum Gasteiger partial charge on any atom is 0.254 e. The number of benzene rings is 1. The van der Waals surface area contributed by atoms with Crippen LogP contribution in [0.25, 0.3) is 0 Å². The van der Waals surface area contributed by atoms with Crippen LogP contribution in [0.1, 0.15) is 0 Å². The van der Waals surface area contributed by atoms with E-state index in [1.165, 1.54) is 31.4 Å². The standard InChI is InChI=1S/C9H14N2O5S2/c1-11(17(3,12)13)10-18(14,15)9-6-4-8(16-2)5-7-9/h4-7,10H,1-3H3. The summed E-state index contributed by atoms with van der Waals surface area (Å²) < 4.78 is 51.3. The SMILES string of the molecule is COc1ccc(S(=O)(=O)NN(C)S(C)(=O)=O)cc1. The van der Waals surface area contributed by atoms with Gasteiger partial charge in [0.15, 0.2) is 0 Å². The molecule has 9 heteroatoms.